The zero-order valence-electron chi connectivity index (χ0n) is 10.6. The van der Waals surface area contributed by atoms with E-state index in [2.05, 4.69) is 15.3 Å². The summed E-state index contributed by atoms with van der Waals surface area (Å²) in [6.45, 7) is 3.81. The van der Waals surface area contributed by atoms with Crippen LogP contribution in [0.5, 0.6) is 0 Å². The minimum Gasteiger partial charge on any atom is -0.478 e. The number of carboxylic acids is 1. The van der Waals surface area contributed by atoms with Crippen molar-refractivity contribution < 1.29 is 9.90 Å². The van der Waals surface area contributed by atoms with Crippen LogP contribution in [-0.2, 0) is 12.8 Å². The molecule has 0 fully saturated rings. The minimum absolute atomic E-state index is 0.133. The van der Waals surface area contributed by atoms with Gasteiger partial charge in [0.1, 0.15) is 5.56 Å². The van der Waals surface area contributed by atoms with Crippen LogP contribution < -0.4 is 0 Å². The lowest BCUT2D eigenvalue weighted by Gasteiger charge is -2.11. The van der Waals surface area contributed by atoms with Crippen molar-refractivity contribution in [3.63, 3.8) is 0 Å². The molecular formula is C12H13ClN4O2. The van der Waals surface area contributed by atoms with Gasteiger partial charge < -0.3 is 5.11 Å². The quantitative estimate of drug-likeness (QED) is 0.928. The topological polar surface area (TPSA) is 80.9 Å². The summed E-state index contributed by atoms with van der Waals surface area (Å²) in [5.74, 6) is -0.850. The Morgan fingerprint density at radius 1 is 1.37 bits per heavy atom. The van der Waals surface area contributed by atoms with Crippen molar-refractivity contribution in [2.24, 2.45) is 0 Å². The van der Waals surface area contributed by atoms with Gasteiger partial charge in [-0.15, -0.1) is 5.10 Å². The maximum Gasteiger partial charge on any atom is 0.339 e. The van der Waals surface area contributed by atoms with Gasteiger partial charge in [0.05, 0.1) is 23.1 Å². The van der Waals surface area contributed by atoms with Gasteiger partial charge in [-0.3, -0.25) is 0 Å². The highest BCUT2D eigenvalue weighted by molar-refractivity contribution is 6.30. The SMILES string of the molecule is CCc1nnc(-n2cc(Cl)cn2)c(C(=O)O)c1CC. The molecule has 0 aliphatic heterocycles. The Labute approximate surface area is 115 Å². The van der Waals surface area contributed by atoms with E-state index in [0.717, 1.165) is 0 Å². The number of hydrogen-bond acceptors (Lipinski definition) is 4. The van der Waals surface area contributed by atoms with Crippen molar-refractivity contribution in [1.29, 1.82) is 0 Å². The molecule has 100 valence electrons. The molecule has 0 atom stereocenters. The zero-order chi connectivity index (χ0) is 14.0. The van der Waals surface area contributed by atoms with E-state index >= 15 is 0 Å². The van der Waals surface area contributed by atoms with Crippen LogP contribution in [0.4, 0.5) is 0 Å². The first kappa shape index (κ1) is 13.5. The number of hydrogen-bond donors (Lipinski definition) is 1. The second-order valence-corrected chi connectivity index (χ2v) is 4.38. The molecule has 0 aliphatic carbocycles. The highest BCUT2D eigenvalue weighted by atomic mass is 35.5. The minimum atomic E-state index is -1.04. The van der Waals surface area contributed by atoms with Gasteiger partial charge in [0.2, 0.25) is 0 Å². The van der Waals surface area contributed by atoms with Crippen molar-refractivity contribution in [3.8, 4) is 5.82 Å². The number of nitrogens with zero attached hydrogens (tertiary/aromatic N) is 4. The molecule has 2 aromatic heterocycles. The summed E-state index contributed by atoms with van der Waals surface area (Å²) in [7, 11) is 0. The number of rotatable bonds is 4. The number of halogens is 1. The Morgan fingerprint density at radius 2 is 2.11 bits per heavy atom. The van der Waals surface area contributed by atoms with Crippen molar-refractivity contribution in [3.05, 3.63) is 34.2 Å². The van der Waals surface area contributed by atoms with Gasteiger partial charge in [-0.1, -0.05) is 25.4 Å². The van der Waals surface area contributed by atoms with E-state index in [1.54, 1.807) is 0 Å². The normalized spacial score (nSPS) is 10.7. The fourth-order valence-corrected chi connectivity index (χ4v) is 2.10. The molecule has 2 aromatic rings. The molecule has 0 saturated heterocycles. The predicted octanol–water partition coefficient (Wildman–Crippen LogP) is 2.14. The fourth-order valence-electron chi connectivity index (χ4n) is 1.96. The predicted molar refractivity (Wildman–Crippen MR) is 69.9 cm³/mol. The number of carboxylic acid groups (broad SMARTS) is 1. The highest BCUT2D eigenvalue weighted by Gasteiger charge is 2.21. The van der Waals surface area contributed by atoms with Crippen LogP contribution in [0.3, 0.4) is 0 Å². The molecule has 0 aliphatic rings. The van der Waals surface area contributed by atoms with E-state index < -0.39 is 5.97 Å². The molecule has 7 heteroatoms. The average Bonchev–Trinajstić information content (AvgIpc) is 2.83. The van der Waals surface area contributed by atoms with Crippen molar-refractivity contribution in [2.45, 2.75) is 26.7 Å². The van der Waals surface area contributed by atoms with Crippen LogP contribution in [0.25, 0.3) is 5.82 Å². The lowest BCUT2D eigenvalue weighted by molar-refractivity contribution is 0.0694. The number of aryl methyl sites for hydroxylation is 1. The van der Waals surface area contributed by atoms with Gasteiger partial charge in [-0.2, -0.15) is 10.2 Å². The van der Waals surface area contributed by atoms with E-state index in [4.69, 9.17) is 11.6 Å². The summed E-state index contributed by atoms with van der Waals surface area (Å²) in [5, 5.41) is 21.9. The lowest BCUT2D eigenvalue weighted by atomic mass is 10.0. The number of aromatic nitrogens is 4. The molecule has 6 nitrogen and oxygen atoms in total. The van der Waals surface area contributed by atoms with Crippen molar-refractivity contribution in [1.82, 2.24) is 20.0 Å². The largest absolute Gasteiger partial charge is 0.478 e. The molecule has 0 saturated carbocycles. The monoisotopic (exact) mass is 280 g/mol. The first-order valence-corrected chi connectivity index (χ1v) is 6.28. The van der Waals surface area contributed by atoms with E-state index in [1.165, 1.54) is 17.1 Å². The Balaban J connectivity index is 2.71. The molecule has 0 radical (unpaired) electrons. The summed E-state index contributed by atoms with van der Waals surface area (Å²) < 4.78 is 1.33. The number of aromatic carboxylic acids is 1. The first-order valence-electron chi connectivity index (χ1n) is 5.90. The average molecular weight is 281 g/mol. The summed E-state index contributed by atoms with van der Waals surface area (Å²) in [6.07, 6.45) is 4.14. The second kappa shape index (κ2) is 5.36. The van der Waals surface area contributed by atoms with E-state index in [0.29, 0.717) is 29.1 Å². The smallest absolute Gasteiger partial charge is 0.339 e. The molecule has 2 rings (SSSR count). The van der Waals surface area contributed by atoms with E-state index in [-0.39, 0.29) is 11.4 Å². The van der Waals surface area contributed by atoms with E-state index in [1.807, 2.05) is 13.8 Å². The Kier molecular flexibility index (Phi) is 3.80. The van der Waals surface area contributed by atoms with Gasteiger partial charge in [0.25, 0.3) is 0 Å². The van der Waals surface area contributed by atoms with Crippen LogP contribution in [0.15, 0.2) is 12.4 Å². The molecule has 2 heterocycles. The third kappa shape index (κ3) is 2.44. The third-order valence-electron chi connectivity index (χ3n) is 2.81. The maximum absolute atomic E-state index is 11.5. The van der Waals surface area contributed by atoms with Gasteiger partial charge >= 0.3 is 5.97 Å². The van der Waals surface area contributed by atoms with Gasteiger partial charge in [-0.25, -0.2) is 9.48 Å². The molecule has 1 N–H and O–H groups in total. The van der Waals surface area contributed by atoms with Gasteiger partial charge in [0, 0.05) is 0 Å². The molecule has 19 heavy (non-hydrogen) atoms. The van der Waals surface area contributed by atoms with Gasteiger partial charge in [0.15, 0.2) is 5.82 Å². The molecule has 0 bridgehead atoms. The summed E-state index contributed by atoms with van der Waals surface area (Å²) in [4.78, 5) is 11.5. The summed E-state index contributed by atoms with van der Waals surface area (Å²) >= 11 is 5.80. The van der Waals surface area contributed by atoms with Gasteiger partial charge in [-0.05, 0) is 18.4 Å². The third-order valence-corrected chi connectivity index (χ3v) is 3.00. The zero-order valence-corrected chi connectivity index (χ0v) is 11.3. The Bertz CT molecular complexity index is 624. The molecule has 0 spiro atoms. The Hall–Kier alpha value is -1.95. The van der Waals surface area contributed by atoms with Crippen LogP contribution in [0.2, 0.25) is 5.02 Å². The van der Waals surface area contributed by atoms with Crippen molar-refractivity contribution in [2.75, 3.05) is 0 Å². The summed E-state index contributed by atoms with van der Waals surface area (Å²) in [5.41, 5.74) is 1.52. The first-order chi connectivity index (χ1) is 9.08. The lowest BCUT2D eigenvalue weighted by Crippen LogP contribution is -2.15. The highest BCUT2D eigenvalue weighted by Crippen LogP contribution is 2.21. The molecule has 0 aromatic carbocycles. The number of carbonyl (C=O) groups is 1. The molecular weight excluding hydrogens is 268 g/mol. The van der Waals surface area contributed by atoms with Crippen LogP contribution in [0, 0.1) is 0 Å². The van der Waals surface area contributed by atoms with E-state index in [9.17, 15) is 9.90 Å². The fraction of sp³-hybridized carbons (Fsp3) is 0.333. The Morgan fingerprint density at radius 3 is 2.58 bits per heavy atom. The van der Waals surface area contributed by atoms with Crippen LogP contribution in [0.1, 0.15) is 35.5 Å². The van der Waals surface area contributed by atoms with Crippen LogP contribution in [-0.4, -0.2) is 31.1 Å². The maximum atomic E-state index is 11.5. The van der Waals surface area contributed by atoms with Crippen molar-refractivity contribution >= 4 is 17.6 Å². The second-order valence-electron chi connectivity index (χ2n) is 3.94. The molecule has 0 amide bonds. The standard InChI is InChI=1S/C12H13ClN4O2/c1-3-8-9(4-2)15-16-11(10(8)12(18)19)17-6-7(13)5-14-17/h5-6H,3-4H2,1-2H3,(H,18,19). The molecule has 0 unspecified atom stereocenters. The summed E-state index contributed by atoms with van der Waals surface area (Å²) in [6, 6.07) is 0. The van der Waals surface area contributed by atoms with Crippen LogP contribution >= 0.6 is 11.6 Å².